The minimum Gasteiger partial charge on any atom is -0.454 e. The fourth-order valence-corrected chi connectivity index (χ4v) is 3.42. The summed E-state index contributed by atoms with van der Waals surface area (Å²) in [6.07, 6.45) is -0.151. The molecule has 2 aliphatic rings. The largest absolute Gasteiger partial charge is 0.454 e. The minimum atomic E-state index is -0.189. The normalized spacial score (nSPS) is 17.2. The van der Waals surface area contributed by atoms with E-state index in [1.165, 1.54) is 0 Å². The number of fused-ring (bicyclic) bond motifs is 2. The molecule has 1 amide bonds. The molecule has 3 aromatic rings. The Labute approximate surface area is 161 Å². The van der Waals surface area contributed by atoms with Gasteiger partial charge in [-0.1, -0.05) is 36.4 Å². The molecular weight excluding hydrogens is 358 g/mol. The van der Waals surface area contributed by atoms with Gasteiger partial charge in [0.25, 0.3) is 5.91 Å². The number of carbonyl (C=O) groups is 1. The summed E-state index contributed by atoms with van der Waals surface area (Å²) in [6, 6.07) is 17.4. The first-order valence-corrected chi connectivity index (χ1v) is 9.16. The standard InChI is InChI=1S/C21H19N3O4/c25-21(22-10-14-4-2-1-3-5-14)17-9-16-12-26-20(11-24(16)23-17)15-6-7-18-19(8-15)28-13-27-18/h1-9,20H,10-13H2,(H,22,25)/t20-/m1/s1. The molecule has 28 heavy (non-hydrogen) atoms. The van der Waals surface area contributed by atoms with Crippen molar-refractivity contribution in [2.45, 2.75) is 25.8 Å². The Hall–Kier alpha value is -3.32. The van der Waals surface area contributed by atoms with Crippen LogP contribution in [0.25, 0.3) is 0 Å². The highest BCUT2D eigenvalue weighted by atomic mass is 16.7. The van der Waals surface area contributed by atoms with Crippen LogP contribution in [0.5, 0.6) is 11.5 Å². The Morgan fingerprint density at radius 2 is 1.96 bits per heavy atom. The molecule has 0 spiro atoms. The number of hydrogen-bond acceptors (Lipinski definition) is 5. The van der Waals surface area contributed by atoms with Crippen molar-refractivity contribution in [3.63, 3.8) is 0 Å². The van der Waals surface area contributed by atoms with Crippen LogP contribution < -0.4 is 14.8 Å². The van der Waals surface area contributed by atoms with Crippen molar-refractivity contribution >= 4 is 5.91 Å². The zero-order valence-electron chi connectivity index (χ0n) is 15.1. The lowest BCUT2D eigenvalue weighted by molar-refractivity contribution is -0.00128. The number of carbonyl (C=O) groups excluding carboxylic acids is 1. The smallest absolute Gasteiger partial charge is 0.272 e. The fraction of sp³-hybridized carbons (Fsp3) is 0.238. The molecule has 142 valence electrons. The Bertz CT molecular complexity index is 1020. The molecule has 0 fully saturated rings. The van der Waals surface area contributed by atoms with E-state index in [9.17, 15) is 4.79 Å². The maximum atomic E-state index is 12.5. The Morgan fingerprint density at radius 1 is 1.11 bits per heavy atom. The summed E-state index contributed by atoms with van der Waals surface area (Å²) >= 11 is 0. The second kappa shape index (κ2) is 7.01. The van der Waals surface area contributed by atoms with Gasteiger partial charge in [0.15, 0.2) is 17.2 Å². The van der Waals surface area contributed by atoms with Crippen molar-refractivity contribution in [2.75, 3.05) is 6.79 Å². The van der Waals surface area contributed by atoms with Gasteiger partial charge in [-0.25, -0.2) is 0 Å². The highest BCUT2D eigenvalue weighted by molar-refractivity contribution is 5.92. The van der Waals surface area contributed by atoms with Crippen molar-refractivity contribution in [1.82, 2.24) is 15.1 Å². The zero-order valence-corrected chi connectivity index (χ0v) is 15.1. The van der Waals surface area contributed by atoms with Crippen LogP contribution in [-0.4, -0.2) is 22.5 Å². The number of nitrogens with zero attached hydrogens (tertiary/aromatic N) is 2. The molecule has 7 heteroatoms. The molecule has 0 saturated heterocycles. The second-order valence-electron chi connectivity index (χ2n) is 6.78. The third-order valence-electron chi connectivity index (χ3n) is 4.93. The van der Waals surface area contributed by atoms with Gasteiger partial charge in [-0.3, -0.25) is 9.48 Å². The monoisotopic (exact) mass is 377 g/mol. The Balaban J connectivity index is 1.28. The van der Waals surface area contributed by atoms with Gasteiger partial charge in [0.05, 0.1) is 18.8 Å². The Morgan fingerprint density at radius 3 is 2.86 bits per heavy atom. The van der Waals surface area contributed by atoms with Crippen LogP contribution in [0.4, 0.5) is 0 Å². The molecule has 0 radical (unpaired) electrons. The topological polar surface area (TPSA) is 74.6 Å². The lowest BCUT2D eigenvalue weighted by atomic mass is 10.1. The molecule has 0 bridgehead atoms. The van der Waals surface area contributed by atoms with Crippen LogP contribution in [0.15, 0.2) is 54.6 Å². The molecule has 1 atom stereocenters. The van der Waals surface area contributed by atoms with Crippen LogP contribution in [0, 0.1) is 0 Å². The van der Waals surface area contributed by atoms with Gasteiger partial charge in [-0.15, -0.1) is 0 Å². The van der Waals surface area contributed by atoms with Crippen LogP contribution >= 0.6 is 0 Å². The Kier molecular flexibility index (Phi) is 4.21. The van der Waals surface area contributed by atoms with E-state index in [1.807, 2.05) is 53.2 Å². The summed E-state index contributed by atoms with van der Waals surface area (Å²) < 4.78 is 18.6. The van der Waals surface area contributed by atoms with E-state index < -0.39 is 0 Å². The van der Waals surface area contributed by atoms with E-state index in [1.54, 1.807) is 6.07 Å². The predicted molar refractivity (Wildman–Crippen MR) is 99.9 cm³/mol. The van der Waals surface area contributed by atoms with Gasteiger partial charge in [0.1, 0.15) is 6.10 Å². The minimum absolute atomic E-state index is 0.151. The second-order valence-corrected chi connectivity index (χ2v) is 6.78. The number of aromatic nitrogens is 2. The lowest BCUT2D eigenvalue weighted by Crippen LogP contribution is -2.24. The van der Waals surface area contributed by atoms with Gasteiger partial charge < -0.3 is 19.5 Å². The van der Waals surface area contributed by atoms with Crippen molar-refractivity contribution in [2.24, 2.45) is 0 Å². The van der Waals surface area contributed by atoms with Crippen molar-refractivity contribution in [3.8, 4) is 11.5 Å². The average molecular weight is 377 g/mol. The average Bonchev–Trinajstić information content (AvgIpc) is 3.38. The maximum Gasteiger partial charge on any atom is 0.272 e. The molecule has 2 aromatic carbocycles. The molecule has 5 rings (SSSR count). The summed E-state index contributed by atoms with van der Waals surface area (Å²) in [5, 5.41) is 7.39. The van der Waals surface area contributed by atoms with Crippen LogP contribution in [0.1, 0.15) is 33.4 Å². The number of rotatable bonds is 4. The summed E-state index contributed by atoms with van der Waals surface area (Å²) in [4.78, 5) is 12.5. The van der Waals surface area contributed by atoms with Crippen molar-refractivity contribution < 1.29 is 19.0 Å². The molecular formula is C21H19N3O4. The number of benzene rings is 2. The summed E-state index contributed by atoms with van der Waals surface area (Å²) in [7, 11) is 0. The molecule has 0 aliphatic carbocycles. The van der Waals surface area contributed by atoms with Gasteiger partial charge in [0.2, 0.25) is 6.79 Å². The predicted octanol–water partition coefficient (Wildman–Crippen LogP) is 2.81. The molecule has 0 unspecified atom stereocenters. The van der Waals surface area contributed by atoms with E-state index in [0.29, 0.717) is 25.4 Å². The third kappa shape index (κ3) is 3.20. The number of amides is 1. The quantitative estimate of drug-likeness (QED) is 0.757. The van der Waals surface area contributed by atoms with E-state index in [2.05, 4.69) is 10.4 Å². The lowest BCUT2D eigenvalue weighted by Gasteiger charge is -2.24. The highest BCUT2D eigenvalue weighted by Gasteiger charge is 2.25. The van der Waals surface area contributed by atoms with Crippen LogP contribution in [0.2, 0.25) is 0 Å². The number of nitrogens with one attached hydrogen (secondary N) is 1. The van der Waals surface area contributed by atoms with Crippen molar-refractivity contribution in [1.29, 1.82) is 0 Å². The van der Waals surface area contributed by atoms with E-state index in [0.717, 1.165) is 28.3 Å². The SMILES string of the molecule is O=C(NCc1ccccc1)c1cc2n(n1)C[C@H](c1ccc3c(c1)OCO3)OC2. The van der Waals surface area contributed by atoms with Crippen molar-refractivity contribution in [3.05, 3.63) is 77.1 Å². The zero-order chi connectivity index (χ0) is 18.9. The molecule has 3 heterocycles. The van der Waals surface area contributed by atoms with Gasteiger partial charge in [-0.05, 0) is 29.3 Å². The highest BCUT2D eigenvalue weighted by Crippen LogP contribution is 2.36. The van der Waals surface area contributed by atoms with E-state index in [-0.39, 0.29) is 18.8 Å². The molecule has 7 nitrogen and oxygen atoms in total. The maximum absolute atomic E-state index is 12.5. The van der Waals surface area contributed by atoms with Crippen LogP contribution in [0.3, 0.4) is 0 Å². The van der Waals surface area contributed by atoms with Gasteiger partial charge in [0, 0.05) is 6.54 Å². The molecule has 1 aromatic heterocycles. The summed E-state index contributed by atoms with van der Waals surface area (Å²) in [6.45, 7) is 1.66. The van der Waals surface area contributed by atoms with E-state index in [4.69, 9.17) is 14.2 Å². The van der Waals surface area contributed by atoms with E-state index >= 15 is 0 Å². The number of ether oxygens (including phenoxy) is 3. The first-order chi connectivity index (χ1) is 13.8. The van der Waals surface area contributed by atoms with Crippen LogP contribution in [-0.2, 0) is 24.4 Å². The van der Waals surface area contributed by atoms with Gasteiger partial charge in [-0.2, -0.15) is 5.10 Å². The first kappa shape index (κ1) is 16.8. The first-order valence-electron chi connectivity index (χ1n) is 9.16. The number of hydrogen-bond donors (Lipinski definition) is 1. The third-order valence-corrected chi connectivity index (χ3v) is 4.93. The molecule has 1 N–H and O–H groups in total. The molecule has 0 saturated carbocycles. The summed E-state index contributed by atoms with van der Waals surface area (Å²) in [5.74, 6) is 1.29. The fourth-order valence-electron chi connectivity index (χ4n) is 3.42. The molecule has 2 aliphatic heterocycles. The summed E-state index contributed by atoms with van der Waals surface area (Å²) in [5.41, 5.74) is 3.34. The van der Waals surface area contributed by atoms with Gasteiger partial charge >= 0.3 is 0 Å².